The van der Waals surface area contributed by atoms with Crippen LogP contribution in [0.25, 0.3) is 0 Å². The van der Waals surface area contributed by atoms with E-state index < -0.39 is 5.97 Å². The highest BCUT2D eigenvalue weighted by atomic mass is 32.1. The van der Waals surface area contributed by atoms with E-state index in [1.165, 1.54) is 0 Å². The first-order chi connectivity index (χ1) is 9.08. The molecule has 2 aromatic rings. The second-order valence-electron chi connectivity index (χ2n) is 4.00. The fourth-order valence-corrected chi connectivity index (χ4v) is 2.45. The number of rotatable bonds is 5. The Kier molecular flexibility index (Phi) is 3.96. The lowest BCUT2D eigenvalue weighted by atomic mass is 10.2. The Hall–Kier alpha value is -2.15. The van der Waals surface area contributed by atoms with Gasteiger partial charge in [-0.2, -0.15) is 5.10 Å². The quantitative estimate of drug-likeness (QED) is 0.876. The van der Waals surface area contributed by atoms with Gasteiger partial charge >= 0.3 is 5.97 Å². The van der Waals surface area contributed by atoms with Gasteiger partial charge in [0, 0.05) is 25.4 Å². The van der Waals surface area contributed by atoms with Crippen molar-refractivity contribution in [3.8, 4) is 0 Å². The van der Waals surface area contributed by atoms with Gasteiger partial charge < -0.3 is 10.4 Å². The first-order valence-electron chi connectivity index (χ1n) is 5.66. The predicted octanol–water partition coefficient (Wildman–Crippen LogP) is 1.98. The van der Waals surface area contributed by atoms with Gasteiger partial charge in [0.1, 0.15) is 4.88 Å². The third-order valence-electron chi connectivity index (χ3n) is 2.56. The Labute approximate surface area is 113 Å². The molecule has 0 saturated carbocycles. The number of carboxylic acid groups (broad SMARTS) is 1. The summed E-state index contributed by atoms with van der Waals surface area (Å²) in [5.41, 5.74) is 1.15. The molecule has 100 valence electrons. The van der Waals surface area contributed by atoms with Crippen molar-refractivity contribution in [2.75, 3.05) is 5.32 Å². The van der Waals surface area contributed by atoms with Gasteiger partial charge in [0.25, 0.3) is 0 Å². The molecule has 6 nitrogen and oxygen atoms in total. The number of nitrogens with zero attached hydrogens (tertiary/aromatic N) is 2. The van der Waals surface area contributed by atoms with E-state index in [0.717, 1.165) is 16.9 Å². The molecule has 19 heavy (non-hydrogen) atoms. The van der Waals surface area contributed by atoms with Crippen LogP contribution >= 0.6 is 11.3 Å². The maximum atomic E-state index is 11.8. The highest BCUT2D eigenvalue weighted by Gasteiger charge is 2.17. The number of anilines is 1. The normalized spacial score (nSPS) is 10.4. The summed E-state index contributed by atoms with van der Waals surface area (Å²) in [6, 6.07) is 1.78. The number of aromatic nitrogens is 2. The molecule has 0 aliphatic rings. The second-order valence-corrected chi connectivity index (χ2v) is 4.87. The van der Waals surface area contributed by atoms with Crippen LogP contribution in [0.15, 0.2) is 23.8 Å². The third kappa shape index (κ3) is 3.19. The summed E-state index contributed by atoms with van der Waals surface area (Å²) < 4.78 is 1.65. The zero-order chi connectivity index (χ0) is 13.8. The molecular weight excluding hydrogens is 266 g/mol. The van der Waals surface area contributed by atoms with Crippen LogP contribution in [-0.2, 0) is 11.3 Å². The number of carboxylic acids is 1. The fraction of sp³-hybridized carbons (Fsp3) is 0.250. The number of carbonyl (C=O) groups excluding carboxylic acids is 1. The van der Waals surface area contributed by atoms with Gasteiger partial charge in [-0.1, -0.05) is 0 Å². The number of amides is 1. The summed E-state index contributed by atoms with van der Waals surface area (Å²) in [5, 5.41) is 17.4. The molecule has 0 unspecified atom stereocenters. The minimum absolute atomic E-state index is 0.157. The van der Waals surface area contributed by atoms with E-state index in [-0.39, 0.29) is 17.2 Å². The summed E-state index contributed by atoms with van der Waals surface area (Å²) >= 11 is 1.11. The highest BCUT2D eigenvalue weighted by molar-refractivity contribution is 7.12. The van der Waals surface area contributed by atoms with Crippen LogP contribution in [0.3, 0.4) is 0 Å². The summed E-state index contributed by atoms with van der Waals surface area (Å²) in [4.78, 5) is 23.0. The third-order valence-corrected chi connectivity index (χ3v) is 3.65. The smallest absolute Gasteiger partial charge is 0.348 e. The number of aromatic carboxylic acids is 1. The Balaban J connectivity index is 1.99. The van der Waals surface area contributed by atoms with E-state index in [9.17, 15) is 9.59 Å². The van der Waals surface area contributed by atoms with E-state index >= 15 is 0 Å². The van der Waals surface area contributed by atoms with Crippen LogP contribution in [0.1, 0.15) is 21.7 Å². The number of aryl methyl sites for hydroxylation is 2. The molecule has 2 aromatic heterocycles. The van der Waals surface area contributed by atoms with Gasteiger partial charge in [-0.3, -0.25) is 9.48 Å². The van der Waals surface area contributed by atoms with Crippen LogP contribution in [-0.4, -0.2) is 26.8 Å². The maximum Gasteiger partial charge on any atom is 0.348 e. The minimum atomic E-state index is -1.03. The monoisotopic (exact) mass is 279 g/mol. The first-order valence-corrected chi connectivity index (χ1v) is 6.54. The Morgan fingerprint density at radius 2 is 2.32 bits per heavy atom. The summed E-state index contributed by atoms with van der Waals surface area (Å²) in [6.07, 6.45) is 3.66. The van der Waals surface area contributed by atoms with Crippen molar-refractivity contribution in [1.82, 2.24) is 9.78 Å². The summed E-state index contributed by atoms with van der Waals surface area (Å²) in [7, 11) is 0. The summed E-state index contributed by atoms with van der Waals surface area (Å²) in [6.45, 7) is 2.23. The number of hydrogen-bond donors (Lipinski definition) is 2. The van der Waals surface area contributed by atoms with Gasteiger partial charge in [-0.15, -0.1) is 11.3 Å². The average Bonchev–Trinajstić information content (AvgIpc) is 2.98. The van der Waals surface area contributed by atoms with Crippen molar-refractivity contribution in [1.29, 1.82) is 0 Å². The predicted molar refractivity (Wildman–Crippen MR) is 71.5 cm³/mol. The fourth-order valence-electron chi connectivity index (χ4n) is 1.61. The van der Waals surface area contributed by atoms with Crippen molar-refractivity contribution in [3.63, 3.8) is 0 Å². The minimum Gasteiger partial charge on any atom is -0.477 e. The topological polar surface area (TPSA) is 84.2 Å². The number of thiophene rings is 1. The SMILES string of the molecule is Cc1csc(C(=O)O)c1NC(=O)CCn1cccn1. The van der Waals surface area contributed by atoms with E-state index in [2.05, 4.69) is 10.4 Å². The molecule has 2 heterocycles. The van der Waals surface area contributed by atoms with Crippen LogP contribution in [0.4, 0.5) is 5.69 Å². The molecule has 0 aliphatic carbocycles. The van der Waals surface area contributed by atoms with Gasteiger partial charge in [0.15, 0.2) is 0 Å². The summed E-state index contributed by atoms with van der Waals surface area (Å²) in [5.74, 6) is -1.25. The molecule has 7 heteroatoms. The largest absolute Gasteiger partial charge is 0.477 e. The first kappa shape index (κ1) is 13.3. The maximum absolute atomic E-state index is 11.8. The molecule has 2 N–H and O–H groups in total. The Bertz CT molecular complexity index is 589. The van der Waals surface area contributed by atoms with E-state index in [4.69, 9.17) is 5.11 Å². The lowest BCUT2D eigenvalue weighted by molar-refractivity contribution is -0.116. The highest BCUT2D eigenvalue weighted by Crippen LogP contribution is 2.27. The number of carbonyl (C=O) groups is 2. The molecule has 0 radical (unpaired) electrons. The number of hydrogen-bond acceptors (Lipinski definition) is 4. The van der Waals surface area contributed by atoms with Crippen molar-refractivity contribution >= 4 is 28.9 Å². The molecule has 1 amide bonds. The van der Waals surface area contributed by atoms with Crippen LogP contribution in [0.2, 0.25) is 0 Å². The molecule has 0 aliphatic heterocycles. The van der Waals surface area contributed by atoms with Gasteiger partial charge in [0.2, 0.25) is 5.91 Å². The molecule has 0 aromatic carbocycles. The standard InChI is InChI=1S/C12H13N3O3S/c1-8-7-19-11(12(17)18)10(8)14-9(16)3-6-15-5-2-4-13-15/h2,4-5,7H,3,6H2,1H3,(H,14,16)(H,17,18). The molecule has 0 spiro atoms. The zero-order valence-corrected chi connectivity index (χ0v) is 11.1. The van der Waals surface area contributed by atoms with E-state index in [1.807, 2.05) is 0 Å². The molecule has 0 bridgehead atoms. The number of nitrogens with one attached hydrogen (secondary N) is 1. The molecule has 2 rings (SSSR count). The van der Waals surface area contributed by atoms with Crippen molar-refractivity contribution in [2.45, 2.75) is 19.9 Å². The van der Waals surface area contributed by atoms with Crippen molar-refractivity contribution in [2.24, 2.45) is 0 Å². The van der Waals surface area contributed by atoms with Crippen LogP contribution < -0.4 is 5.32 Å². The molecule has 0 saturated heterocycles. The van der Waals surface area contributed by atoms with E-state index in [1.54, 1.807) is 35.4 Å². The molecule has 0 atom stereocenters. The van der Waals surface area contributed by atoms with Crippen molar-refractivity contribution in [3.05, 3.63) is 34.3 Å². The van der Waals surface area contributed by atoms with Gasteiger partial charge in [-0.25, -0.2) is 4.79 Å². The Morgan fingerprint density at radius 1 is 1.53 bits per heavy atom. The van der Waals surface area contributed by atoms with E-state index in [0.29, 0.717) is 12.2 Å². The second kappa shape index (κ2) is 5.66. The van der Waals surface area contributed by atoms with Crippen molar-refractivity contribution < 1.29 is 14.7 Å². The van der Waals surface area contributed by atoms with Crippen LogP contribution in [0.5, 0.6) is 0 Å². The zero-order valence-electron chi connectivity index (χ0n) is 10.3. The average molecular weight is 279 g/mol. The lowest BCUT2D eigenvalue weighted by Gasteiger charge is -2.06. The van der Waals surface area contributed by atoms with Gasteiger partial charge in [0.05, 0.1) is 5.69 Å². The van der Waals surface area contributed by atoms with Crippen LogP contribution in [0, 0.1) is 6.92 Å². The molecular formula is C12H13N3O3S. The molecule has 0 fully saturated rings. The van der Waals surface area contributed by atoms with Gasteiger partial charge in [-0.05, 0) is 23.9 Å². The Morgan fingerprint density at radius 3 is 2.95 bits per heavy atom. The lowest BCUT2D eigenvalue weighted by Crippen LogP contribution is -2.16.